The summed E-state index contributed by atoms with van der Waals surface area (Å²) in [6.45, 7) is 0.807. The van der Waals surface area contributed by atoms with Crippen molar-refractivity contribution < 1.29 is 4.79 Å². The zero-order valence-electron chi connectivity index (χ0n) is 11.9. The van der Waals surface area contributed by atoms with Gasteiger partial charge in [0.15, 0.2) is 5.16 Å². The summed E-state index contributed by atoms with van der Waals surface area (Å²) in [6.07, 6.45) is 2.07. The molecule has 1 amide bonds. The molecule has 6 nitrogen and oxygen atoms in total. The number of carbonyl (C=O) groups excluding carboxylic acids is 1. The number of likely N-dealkylation sites (tertiary alicyclic amines) is 1. The van der Waals surface area contributed by atoms with Crippen LogP contribution >= 0.6 is 23.1 Å². The van der Waals surface area contributed by atoms with Gasteiger partial charge in [0.05, 0.1) is 11.8 Å². The second-order valence-electron chi connectivity index (χ2n) is 5.05. The van der Waals surface area contributed by atoms with Crippen molar-refractivity contribution in [1.29, 1.82) is 0 Å². The van der Waals surface area contributed by atoms with E-state index in [1.165, 1.54) is 22.7 Å². The van der Waals surface area contributed by atoms with E-state index in [-0.39, 0.29) is 11.9 Å². The van der Waals surface area contributed by atoms with Gasteiger partial charge >= 0.3 is 0 Å². The van der Waals surface area contributed by atoms with Crippen LogP contribution in [0.25, 0.3) is 0 Å². The molecule has 2 aromatic rings. The van der Waals surface area contributed by atoms with E-state index < -0.39 is 0 Å². The number of nitrogens with zero attached hydrogens (tertiary/aromatic N) is 3. The quantitative estimate of drug-likeness (QED) is 0.656. The Hall–Kier alpha value is -1.80. The van der Waals surface area contributed by atoms with Crippen LogP contribution in [0.1, 0.15) is 23.8 Å². The molecule has 22 heavy (non-hydrogen) atoms. The first-order valence-corrected chi connectivity index (χ1v) is 8.85. The molecule has 2 aromatic heterocycles. The van der Waals surface area contributed by atoms with E-state index in [4.69, 9.17) is 11.5 Å². The van der Waals surface area contributed by atoms with Crippen LogP contribution in [-0.4, -0.2) is 33.1 Å². The van der Waals surface area contributed by atoms with E-state index in [0.717, 1.165) is 19.4 Å². The van der Waals surface area contributed by atoms with Crippen molar-refractivity contribution in [2.24, 2.45) is 0 Å². The smallest absolute Gasteiger partial charge is 0.233 e. The Balaban J connectivity index is 1.64. The third-order valence-electron chi connectivity index (χ3n) is 3.51. The number of thiophene rings is 1. The standard InChI is InChI=1S/C14H17N5OS2/c15-11-7-12(16)18-14(17-11)22-8-13(20)19-5-1-3-9(19)10-4-2-6-21-10/h2,4,6-7,9H,1,3,5,8H2,(H4,15,16,17,18)/t9-/m1/s1. The van der Waals surface area contributed by atoms with E-state index >= 15 is 0 Å². The fourth-order valence-corrected chi connectivity index (χ4v) is 4.21. The van der Waals surface area contributed by atoms with Gasteiger partial charge in [-0.05, 0) is 24.3 Å². The minimum Gasteiger partial charge on any atom is -0.383 e. The third-order valence-corrected chi connectivity index (χ3v) is 5.32. The van der Waals surface area contributed by atoms with Crippen molar-refractivity contribution in [3.8, 4) is 0 Å². The van der Waals surface area contributed by atoms with Crippen LogP contribution in [-0.2, 0) is 4.79 Å². The van der Waals surface area contributed by atoms with Crippen LogP contribution in [0.15, 0.2) is 28.7 Å². The van der Waals surface area contributed by atoms with Crippen molar-refractivity contribution in [2.45, 2.75) is 24.0 Å². The summed E-state index contributed by atoms with van der Waals surface area (Å²) in [5.74, 6) is 1.04. The fourth-order valence-electron chi connectivity index (χ4n) is 2.58. The second-order valence-corrected chi connectivity index (χ2v) is 6.97. The Morgan fingerprint density at radius 2 is 2.18 bits per heavy atom. The van der Waals surface area contributed by atoms with Gasteiger partial charge in [-0.25, -0.2) is 9.97 Å². The van der Waals surface area contributed by atoms with Gasteiger partial charge in [-0.3, -0.25) is 4.79 Å². The molecule has 0 spiro atoms. The second kappa shape index (κ2) is 6.53. The van der Waals surface area contributed by atoms with Crippen LogP contribution in [0, 0.1) is 0 Å². The lowest BCUT2D eigenvalue weighted by molar-refractivity contribution is -0.129. The van der Waals surface area contributed by atoms with Crippen molar-refractivity contribution in [3.05, 3.63) is 28.5 Å². The van der Waals surface area contributed by atoms with Gasteiger partial charge in [0, 0.05) is 17.5 Å². The highest BCUT2D eigenvalue weighted by atomic mass is 32.2. The van der Waals surface area contributed by atoms with Crippen LogP contribution in [0.2, 0.25) is 0 Å². The highest BCUT2D eigenvalue weighted by Crippen LogP contribution is 2.35. The number of hydrogen-bond acceptors (Lipinski definition) is 7. The van der Waals surface area contributed by atoms with Gasteiger partial charge in [0.2, 0.25) is 5.91 Å². The van der Waals surface area contributed by atoms with Gasteiger partial charge in [-0.15, -0.1) is 11.3 Å². The number of rotatable bonds is 4. The summed E-state index contributed by atoms with van der Waals surface area (Å²) >= 11 is 2.97. The van der Waals surface area contributed by atoms with E-state index in [9.17, 15) is 4.79 Å². The lowest BCUT2D eigenvalue weighted by Gasteiger charge is -2.23. The first-order valence-electron chi connectivity index (χ1n) is 6.99. The highest BCUT2D eigenvalue weighted by molar-refractivity contribution is 7.99. The number of hydrogen-bond donors (Lipinski definition) is 2. The molecule has 0 unspecified atom stereocenters. The fraction of sp³-hybridized carbons (Fsp3) is 0.357. The molecule has 0 bridgehead atoms. The first kappa shape index (κ1) is 15.1. The van der Waals surface area contributed by atoms with Gasteiger partial charge in [-0.1, -0.05) is 17.8 Å². The molecule has 0 aliphatic carbocycles. The maximum atomic E-state index is 12.5. The SMILES string of the molecule is Nc1cc(N)nc(SCC(=O)N2CCC[C@@H]2c2cccs2)n1. The summed E-state index contributed by atoms with van der Waals surface area (Å²) in [5, 5.41) is 2.49. The number of thioether (sulfide) groups is 1. The molecule has 8 heteroatoms. The molecule has 3 heterocycles. The van der Waals surface area contributed by atoms with Crippen LogP contribution < -0.4 is 11.5 Å². The van der Waals surface area contributed by atoms with E-state index in [2.05, 4.69) is 21.4 Å². The zero-order valence-corrected chi connectivity index (χ0v) is 13.6. The maximum Gasteiger partial charge on any atom is 0.233 e. The lowest BCUT2D eigenvalue weighted by Crippen LogP contribution is -2.31. The topological polar surface area (TPSA) is 98.1 Å². The average Bonchev–Trinajstić information content (AvgIpc) is 3.13. The monoisotopic (exact) mass is 335 g/mol. The van der Waals surface area contributed by atoms with Crippen molar-refractivity contribution >= 4 is 40.6 Å². The Kier molecular flexibility index (Phi) is 4.49. The minimum absolute atomic E-state index is 0.102. The minimum atomic E-state index is 0.102. The summed E-state index contributed by atoms with van der Waals surface area (Å²) in [4.78, 5) is 23.9. The molecule has 0 aromatic carbocycles. The molecule has 1 aliphatic rings. The maximum absolute atomic E-state index is 12.5. The van der Waals surface area contributed by atoms with Crippen molar-refractivity contribution in [3.63, 3.8) is 0 Å². The molecule has 0 radical (unpaired) electrons. The Bertz CT molecular complexity index is 641. The normalized spacial score (nSPS) is 17.8. The number of aromatic nitrogens is 2. The molecule has 1 fully saturated rings. The number of amides is 1. The van der Waals surface area contributed by atoms with Crippen LogP contribution in [0.4, 0.5) is 11.6 Å². The molecule has 1 aliphatic heterocycles. The molecule has 116 valence electrons. The summed E-state index contributed by atoms with van der Waals surface area (Å²) in [7, 11) is 0. The van der Waals surface area contributed by atoms with Gasteiger partial charge in [0.25, 0.3) is 0 Å². The Labute approximate surface area is 136 Å². The summed E-state index contributed by atoms with van der Waals surface area (Å²) in [5.41, 5.74) is 11.3. The van der Waals surface area contributed by atoms with Gasteiger partial charge in [-0.2, -0.15) is 0 Å². The molecule has 1 saturated heterocycles. The number of nitrogen functional groups attached to an aromatic ring is 2. The summed E-state index contributed by atoms with van der Waals surface area (Å²) < 4.78 is 0. The summed E-state index contributed by atoms with van der Waals surface area (Å²) in [6, 6.07) is 5.83. The van der Waals surface area contributed by atoms with Crippen LogP contribution in [0.3, 0.4) is 0 Å². The molecule has 4 N–H and O–H groups in total. The average molecular weight is 335 g/mol. The largest absolute Gasteiger partial charge is 0.383 e. The predicted octanol–water partition coefficient (Wildman–Crippen LogP) is 2.16. The highest BCUT2D eigenvalue weighted by Gasteiger charge is 2.30. The third kappa shape index (κ3) is 3.33. The molecular formula is C14H17N5OS2. The molecule has 3 rings (SSSR count). The van der Waals surface area contributed by atoms with E-state index in [1.54, 1.807) is 11.3 Å². The zero-order chi connectivity index (χ0) is 15.5. The molecular weight excluding hydrogens is 318 g/mol. The van der Waals surface area contributed by atoms with Crippen molar-refractivity contribution in [1.82, 2.24) is 14.9 Å². The van der Waals surface area contributed by atoms with Gasteiger partial charge in [0.1, 0.15) is 11.6 Å². The Morgan fingerprint density at radius 3 is 2.86 bits per heavy atom. The Morgan fingerprint density at radius 1 is 1.41 bits per heavy atom. The number of carbonyl (C=O) groups is 1. The van der Waals surface area contributed by atoms with Crippen LogP contribution in [0.5, 0.6) is 0 Å². The van der Waals surface area contributed by atoms with E-state index in [1.807, 2.05) is 11.0 Å². The predicted molar refractivity (Wildman–Crippen MR) is 89.6 cm³/mol. The van der Waals surface area contributed by atoms with Gasteiger partial charge < -0.3 is 16.4 Å². The first-order chi connectivity index (χ1) is 10.6. The molecule has 0 saturated carbocycles. The number of nitrogens with two attached hydrogens (primary N) is 2. The van der Waals surface area contributed by atoms with E-state index in [0.29, 0.717) is 22.5 Å². The van der Waals surface area contributed by atoms with Crippen molar-refractivity contribution in [2.75, 3.05) is 23.8 Å². The number of anilines is 2. The lowest BCUT2D eigenvalue weighted by atomic mass is 10.2. The molecule has 1 atom stereocenters.